The maximum Gasteiger partial charge on any atom is 0.203 e. The van der Waals surface area contributed by atoms with Gasteiger partial charge in [-0.1, -0.05) is 0 Å². The summed E-state index contributed by atoms with van der Waals surface area (Å²) in [6.07, 6.45) is 2.68. The Kier molecular flexibility index (Phi) is 9.61. The Hall–Kier alpha value is -1.42. The molecule has 0 spiro atoms. The monoisotopic (exact) mass is 518 g/mol. The molecule has 7 nitrogen and oxygen atoms in total. The third-order valence-corrected chi connectivity index (χ3v) is 5.33. The predicted octanol–water partition coefficient (Wildman–Crippen LogP) is 2.82. The van der Waals surface area contributed by atoms with Crippen molar-refractivity contribution in [3.63, 3.8) is 0 Å². The molecule has 164 valence electrons. The molecule has 1 saturated carbocycles. The fourth-order valence-electron chi connectivity index (χ4n) is 3.54. The lowest BCUT2D eigenvalue weighted by Crippen LogP contribution is -2.52. The first-order valence-electron chi connectivity index (χ1n) is 10.2. The van der Waals surface area contributed by atoms with Crippen molar-refractivity contribution in [1.82, 2.24) is 15.1 Å². The van der Waals surface area contributed by atoms with E-state index in [4.69, 9.17) is 19.2 Å². The Morgan fingerprint density at radius 3 is 2.14 bits per heavy atom. The number of nitrogens with one attached hydrogen (secondary N) is 1. The van der Waals surface area contributed by atoms with Crippen LogP contribution in [0.4, 0.5) is 0 Å². The van der Waals surface area contributed by atoms with E-state index in [0.29, 0.717) is 17.2 Å². The minimum atomic E-state index is 0. The maximum absolute atomic E-state index is 5.48. The van der Waals surface area contributed by atoms with Crippen LogP contribution in [-0.4, -0.2) is 76.4 Å². The zero-order valence-electron chi connectivity index (χ0n) is 18.1. The average Bonchev–Trinajstić information content (AvgIpc) is 3.55. The van der Waals surface area contributed by atoms with Crippen molar-refractivity contribution in [1.29, 1.82) is 0 Å². The van der Waals surface area contributed by atoms with Gasteiger partial charge in [0.25, 0.3) is 0 Å². The van der Waals surface area contributed by atoms with E-state index in [1.165, 1.54) is 12.8 Å². The molecule has 1 heterocycles. The highest BCUT2D eigenvalue weighted by Gasteiger charge is 2.24. The van der Waals surface area contributed by atoms with Gasteiger partial charge in [-0.2, -0.15) is 0 Å². The van der Waals surface area contributed by atoms with E-state index in [-0.39, 0.29) is 24.0 Å². The second kappa shape index (κ2) is 11.7. The van der Waals surface area contributed by atoms with Crippen molar-refractivity contribution in [2.24, 2.45) is 10.9 Å². The molecule has 3 rings (SSSR count). The normalized spacial score (nSPS) is 17.5. The molecule has 1 aromatic carbocycles. The van der Waals surface area contributed by atoms with Crippen LogP contribution >= 0.6 is 24.0 Å². The second-order valence-electron chi connectivity index (χ2n) is 7.43. The first-order chi connectivity index (χ1) is 13.7. The van der Waals surface area contributed by atoms with Crippen LogP contribution in [0.25, 0.3) is 0 Å². The molecule has 0 bridgehead atoms. The minimum absolute atomic E-state index is 0. The van der Waals surface area contributed by atoms with E-state index in [9.17, 15) is 0 Å². The molecule has 2 fully saturated rings. The average molecular weight is 518 g/mol. The fourth-order valence-corrected chi connectivity index (χ4v) is 3.54. The summed E-state index contributed by atoms with van der Waals surface area (Å²) in [6, 6.07) is 4.07. The maximum atomic E-state index is 5.48. The van der Waals surface area contributed by atoms with E-state index in [1.807, 2.05) is 12.1 Å². The number of rotatable bonds is 8. The standard InChI is InChI=1S/C21H34N4O3.HI/c1-5-22-21(23-14-16-6-7-16)25-10-8-24(9-11-25)15-17-12-18(26-2)20(28-4)19(13-17)27-3;/h12-13,16H,5-11,14-15H2,1-4H3,(H,22,23);1H. The highest BCUT2D eigenvalue weighted by atomic mass is 127. The molecule has 0 atom stereocenters. The molecule has 0 aromatic heterocycles. The molecule has 29 heavy (non-hydrogen) atoms. The second-order valence-corrected chi connectivity index (χ2v) is 7.43. The van der Waals surface area contributed by atoms with E-state index in [2.05, 4.69) is 22.0 Å². The Morgan fingerprint density at radius 2 is 1.66 bits per heavy atom. The smallest absolute Gasteiger partial charge is 0.203 e. The van der Waals surface area contributed by atoms with Crippen LogP contribution in [-0.2, 0) is 6.54 Å². The number of ether oxygens (including phenoxy) is 3. The number of nitrogens with zero attached hydrogens (tertiary/aromatic N) is 3. The Labute approximate surface area is 191 Å². The molecule has 1 N–H and O–H groups in total. The largest absolute Gasteiger partial charge is 0.493 e. The van der Waals surface area contributed by atoms with Gasteiger partial charge in [0.2, 0.25) is 5.75 Å². The lowest BCUT2D eigenvalue weighted by Gasteiger charge is -2.36. The third kappa shape index (κ3) is 6.53. The van der Waals surface area contributed by atoms with Gasteiger partial charge in [-0.05, 0) is 43.4 Å². The summed E-state index contributed by atoms with van der Waals surface area (Å²) in [4.78, 5) is 9.69. The Balaban J connectivity index is 0.00000300. The van der Waals surface area contributed by atoms with Crippen molar-refractivity contribution in [3.05, 3.63) is 17.7 Å². The summed E-state index contributed by atoms with van der Waals surface area (Å²) in [5.41, 5.74) is 1.16. The van der Waals surface area contributed by atoms with E-state index >= 15 is 0 Å². The summed E-state index contributed by atoms with van der Waals surface area (Å²) in [5, 5.41) is 3.45. The van der Waals surface area contributed by atoms with Gasteiger partial charge < -0.3 is 24.4 Å². The first-order valence-corrected chi connectivity index (χ1v) is 10.2. The summed E-state index contributed by atoms with van der Waals surface area (Å²) in [5.74, 6) is 3.94. The molecule has 1 saturated heterocycles. The van der Waals surface area contributed by atoms with Gasteiger partial charge in [-0.15, -0.1) is 24.0 Å². The minimum Gasteiger partial charge on any atom is -0.493 e. The summed E-state index contributed by atoms with van der Waals surface area (Å²) in [7, 11) is 4.94. The summed E-state index contributed by atoms with van der Waals surface area (Å²) in [6.45, 7) is 8.85. The fraction of sp³-hybridized carbons (Fsp3) is 0.667. The number of guanidine groups is 1. The topological polar surface area (TPSA) is 58.6 Å². The molecule has 0 radical (unpaired) electrons. The third-order valence-electron chi connectivity index (χ3n) is 5.33. The molecule has 8 heteroatoms. The predicted molar refractivity (Wildman–Crippen MR) is 127 cm³/mol. The van der Waals surface area contributed by atoms with Crippen molar-refractivity contribution in [2.45, 2.75) is 26.3 Å². The zero-order chi connectivity index (χ0) is 19.9. The Bertz CT molecular complexity index is 649. The molecule has 0 amide bonds. The van der Waals surface area contributed by atoms with Crippen LogP contribution in [0.5, 0.6) is 17.2 Å². The molecule has 2 aliphatic rings. The lowest BCUT2D eigenvalue weighted by atomic mass is 10.1. The summed E-state index contributed by atoms with van der Waals surface area (Å²) >= 11 is 0. The van der Waals surface area contributed by atoms with Gasteiger partial charge in [0.15, 0.2) is 17.5 Å². The van der Waals surface area contributed by atoms with Crippen LogP contribution < -0.4 is 19.5 Å². The number of methoxy groups -OCH3 is 3. The molecule has 0 unspecified atom stereocenters. The van der Waals surface area contributed by atoms with Crippen LogP contribution in [0.1, 0.15) is 25.3 Å². The van der Waals surface area contributed by atoms with Crippen LogP contribution in [0.15, 0.2) is 17.1 Å². The number of benzene rings is 1. The molecular formula is C21H35IN4O3. The number of piperazine rings is 1. The van der Waals surface area contributed by atoms with Crippen LogP contribution in [0.2, 0.25) is 0 Å². The van der Waals surface area contributed by atoms with Crippen LogP contribution in [0.3, 0.4) is 0 Å². The quantitative estimate of drug-likeness (QED) is 0.325. The highest BCUT2D eigenvalue weighted by molar-refractivity contribution is 14.0. The number of hydrogen-bond donors (Lipinski definition) is 1. The summed E-state index contributed by atoms with van der Waals surface area (Å²) < 4.78 is 16.4. The van der Waals surface area contributed by atoms with Gasteiger partial charge in [0, 0.05) is 45.8 Å². The van der Waals surface area contributed by atoms with E-state index in [0.717, 1.165) is 63.3 Å². The van der Waals surface area contributed by atoms with Crippen molar-refractivity contribution >= 4 is 29.9 Å². The van der Waals surface area contributed by atoms with E-state index in [1.54, 1.807) is 21.3 Å². The molecular weight excluding hydrogens is 483 g/mol. The lowest BCUT2D eigenvalue weighted by molar-refractivity contribution is 0.172. The Morgan fingerprint density at radius 1 is 1.03 bits per heavy atom. The van der Waals surface area contributed by atoms with Crippen molar-refractivity contribution in [2.75, 3.05) is 60.6 Å². The van der Waals surface area contributed by atoms with Crippen molar-refractivity contribution < 1.29 is 14.2 Å². The number of halogens is 1. The first kappa shape index (κ1) is 23.9. The number of aliphatic imine (C=N–C) groups is 1. The van der Waals surface area contributed by atoms with Crippen LogP contribution in [0, 0.1) is 5.92 Å². The van der Waals surface area contributed by atoms with Gasteiger partial charge in [-0.3, -0.25) is 9.89 Å². The molecule has 1 aliphatic heterocycles. The van der Waals surface area contributed by atoms with Gasteiger partial charge in [0.1, 0.15) is 0 Å². The molecule has 1 aromatic rings. The van der Waals surface area contributed by atoms with Gasteiger partial charge >= 0.3 is 0 Å². The SMILES string of the molecule is CCNC(=NCC1CC1)N1CCN(Cc2cc(OC)c(OC)c(OC)c2)CC1.I. The van der Waals surface area contributed by atoms with E-state index < -0.39 is 0 Å². The molecule has 1 aliphatic carbocycles. The number of hydrogen-bond acceptors (Lipinski definition) is 5. The van der Waals surface area contributed by atoms with Crippen molar-refractivity contribution in [3.8, 4) is 17.2 Å². The zero-order valence-corrected chi connectivity index (χ0v) is 20.4. The van der Waals surface area contributed by atoms with Gasteiger partial charge in [-0.25, -0.2) is 0 Å². The highest BCUT2D eigenvalue weighted by Crippen LogP contribution is 2.38. The van der Waals surface area contributed by atoms with Gasteiger partial charge in [0.05, 0.1) is 21.3 Å².